The van der Waals surface area contributed by atoms with Crippen LogP contribution in [0.1, 0.15) is 16.7 Å². The predicted molar refractivity (Wildman–Crippen MR) is 77.0 cm³/mol. The van der Waals surface area contributed by atoms with E-state index in [4.69, 9.17) is 0 Å². The molecule has 0 bridgehead atoms. The standard InChI is InChI=1S/C16H15N3/c1-10-7-11(2)9-13(8-10)16-17-15-12(3)5-4-6-14(15)18-19-16/h4-9H,1-3H3. The van der Waals surface area contributed by atoms with Gasteiger partial charge in [-0.1, -0.05) is 29.3 Å². The molecule has 0 aliphatic rings. The Kier molecular flexibility index (Phi) is 2.75. The summed E-state index contributed by atoms with van der Waals surface area (Å²) in [6.07, 6.45) is 0. The SMILES string of the molecule is Cc1cc(C)cc(-c2nnc3cccc(C)c3n2)c1. The van der Waals surface area contributed by atoms with Gasteiger partial charge >= 0.3 is 0 Å². The molecule has 0 saturated heterocycles. The normalized spacial score (nSPS) is 10.9. The fraction of sp³-hybridized carbons (Fsp3) is 0.188. The Hall–Kier alpha value is -2.29. The minimum atomic E-state index is 0.689. The van der Waals surface area contributed by atoms with Gasteiger partial charge in [0.1, 0.15) is 5.52 Å². The van der Waals surface area contributed by atoms with E-state index in [1.807, 2.05) is 25.1 Å². The van der Waals surface area contributed by atoms with E-state index in [0.29, 0.717) is 5.82 Å². The summed E-state index contributed by atoms with van der Waals surface area (Å²) in [5, 5.41) is 8.50. The molecule has 3 aromatic rings. The van der Waals surface area contributed by atoms with E-state index in [1.165, 1.54) is 11.1 Å². The Morgan fingerprint density at radius 1 is 0.842 bits per heavy atom. The first kappa shape index (κ1) is 11.8. The van der Waals surface area contributed by atoms with Crippen LogP contribution >= 0.6 is 0 Å². The van der Waals surface area contributed by atoms with Crippen molar-refractivity contribution in [2.45, 2.75) is 20.8 Å². The molecule has 19 heavy (non-hydrogen) atoms. The first-order valence-electron chi connectivity index (χ1n) is 6.32. The summed E-state index contributed by atoms with van der Waals surface area (Å²) in [7, 11) is 0. The van der Waals surface area contributed by atoms with Gasteiger partial charge in [-0.05, 0) is 44.5 Å². The van der Waals surface area contributed by atoms with E-state index in [2.05, 4.69) is 47.2 Å². The Morgan fingerprint density at radius 2 is 1.58 bits per heavy atom. The van der Waals surface area contributed by atoms with Gasteiger partial charge in [-0.2, -0.15) is 0 Å². The van der Waals surface area contributed by atoms with Crippen LogP contribution in [-0.2, 0) is 0 Å². The van der Waals surface area contributed by atoms with Crippen LogP contribution in [0.4, 0.5) is 0 Å². The topological polar surface area (TPSA) is 38.7 Å². The van der Waals surface area contributed by atoms with Crippen LogP contribution in [0.3, 0.4) is 0 Å². The molecular weight excluding hydrogens is 234 g/mol. The predicted octanol–water partition coefficient (Wildman–Crippen LogP) is 3.62. The quantitative estimate of drug-likeness (QED) is 0.661. The minimum absolute atomic E-state index is 0.689. The molecule has 0 unspecified atom stereocenters. The van der Waals surface area contributed by atoms with Gasteiger partial charge in [0, 0.05) is 5.56 Å². The maximum atomic E-state index is 4.65. The van der Waals surface area contributed by atoms with E-state index in [0.717, 1.165) is 22.2 Å². The largest absolute Gasteiger partial charge is 0.224 e. The maximum absolute atomic E-state index is 4.65. The van der Waals surface area contributed by atoms with E-state index < -0.39 is 0 Å². The first-order chi connectivity index (χ1) is 9.13. The Bertz CT molecular complexity index is 743. The molecule has 0 atom stereocenters. The number of nitrogens with zero attached hydrogens (tertiary/aromatic N) is 3. The van der Waals surface area contributed by atoms with Gasteiger partial charge in [0.05, 0.1) is 5.52 Å². The highest BCUT2D eigenvalue weighted by atomic mass is 15.1. The van der Waals surface area contributed by atoms with Crippen LogP contribution in [0.15, 0.2) is 36.4 Å². The summed E-state index contributed by atoms with van der Waals surface area (Å²) in [6.45, 7) is 6.20. The van der Waals surface area contributed by atoms with Crippen LogP contribution in [0.2, 0.25) is 0 Å². The average Bonchev–Trinajstić information content (AvgIpc) is 2.38. The molecule has 1 heterocycles. The zero-order valence-corrected chi connectivity index (χ0v) is 11.3. The lowest BCUT2D eigenvalue weighted by Crippen LogP contribution is -1.96. The van der Waals surface area contributed by atoms with E-state index in [-0.39, 0.29) is 0 Å². The number of fused-ring (bicyclic) bond motifs is 1. The highest BCUT2D eigenvalue weighted by Gasteiger charge is 2.07. The molecular formula is C16H15N3. The van der Waals surface area contributed by atoms with Gasteiger partial charge in [-0.15, -0.1) is 10.2 Å². The summed E-state index contributed by atoms with van der Waals surface area (Å²) >= 11 is 0. The van der Waals surface area contributed by atoms with Crippen LogP contribution in [0.25, 0.3) is 22.4 Å². The molecule has 94 valence electrons. The molecule has 0 saturated carbocycles. The van der Waals surface area contributed by atoms with Gasteiger partial charge < -0.3 is 0 Å². The number of hydrogen-bond acceptors (Lipinski definition) is 3. The number of para-hydroxylation sites is 1. The molecule has 0 aliphatic heterocycles. The van der Waals surface area contributed by atoms with Crippen molar-refractivity contribution in [3.8, 4) is 11.4 Å². The summed E-state index contributed by atoms with van der Waals surface area (Å²) < 4.78 is 0. The Morgan fingerprint density at radius 3 is 2.32 bits per heavy atom. The average molecular weight is 249 g/mol. The molecule has 0 aliphatic carbocycles. The fourth-order valence-corrected chi connectivity index (χ4v) is 2.33. The third kappa shape index (κ3) is 2.19. The molecule has 3 rings (SSSR count). The summed E-state index contributed by atoms with van der Waals surface area (Å²) in [6, 6.07) is 12.3. The highest BCUT2D eigenvalue weighted by molar-refractivity contribution is 5.78. The maximum Gasteiger partial charge on any atom is 0.182 e. The van der Waals surface area contributed by atoms with Crippen LogP contribution < -0.4 is 0 Å². The van der Waals surface area contributed by atoms with Crippen molar-refractivity contribution < 1.29 is 0 Å². The monoisotopic (exact) mass is 249 g/mol. The van der Waals surface area contributed by atoms with Crippen LogP contribution in [-0.4, -0.2) is 15.2 Å². The fourth-order valence-electron chi connectivity index (χ4n) is 2.33. The smallest absolute Gasteiger partial charge is 0.182 e. The minimum Gasteiger partial charge on any atom is -0.224 e. The molecule has 1 aromatic heterocycles. The second-order valence-corrected chi connectivity index (χ2v) is 4.95. The molecule has 0 fully saturated rings. The van der Waals surface area contributed by atoms with Gasteiger partial charge in [0.15, 0.2) is 5.82 Å². The van der Waals surface area contributed by atoms with E-state index in [1.54, 1.807) is 0 Å². The second-order valence-electron chi connectivity index (χ2n) is 4.95. The lowest BCUT2D eigenvalue weighted by molar-refractivity contribution is 1.03. The van der Waals surface area contributed by atoms with Gasteiger partial charge in [0.2, 0.25) is 0 Å². The number of hydrogen-bond donors (Lipinski definition) is 0. The highest BCUT2D eigenvalue weighted by Crippen LogP contribution is 2.21. The van der Waals surface area contributed by atoms with Gasteiger partial charge in [-0.3, -0.25) is 0 Å². The molecule has 0 N–H and O–H groups in total. The number of aryl methyl sites for hydroxylation is 3. The van der Waals surface area contributed by atoms with Crippen molar-refractivity contribution in [2.75, 3.05) is 0 Å². The molecule has 0 radical (unpaired) electrons. The lowest BCUT2D eigenvalue weighted by atomic mass is 10.1. The second kappa shape index (κ2) is 4.43. The molecule has 3 nitrogen and oxygen atoms in total. The van der Waals surface area contributed by atoms with Crippen LogP contribution in [0.5, 0.6) is 0 Å². The summed E-state index contributed by atoms with van der Waals surface area (Å²) in [5.41, 5.74) is 6.33. The van der Waals surface area contributed by atoms with Crippen LogP contribution in [0, 0.1) is 20.8 Å². The summed E-state index contributed by atoms with van der Waals surface area (Å²) in [4.78, 5) is 4.65. The number of benzene rings is 2. The Labute approximate surface area is 112 Å². The van der Waals surface area contributed by atoms with Crippen molar-refractivity contribution in [2.24, 2.45) is 0 Å². The van der Waals surface area contributed by atoms with Gasteiger partial charge in [-0.25, -0.2) is 4.98 Å². The lowest BCUT2D eigenvalue weighted by Gasteiger charge is -2.05. The third-order valence-electron chi connectivity index (χ3n) is 3.17. The van der Waals surface area contributed by atoms with E-state index in [9.17, 15) is 0 Å². The van der Waals surface area contributed by atoms with Crippen molar-refractivity contribution in [3.63, 3.8) is 0 Å². The summed E-state index contributed by atoms with van der Waals surface area (Å²) in [5.74, 6) is 0.689. The Balaban J connectivity index is 2.22. The van der Waals surface area contributed by atoms with Gasteiger partial charge in [0.25, 0.3) is 0 Å². The number of rotatable bonds is 1. The van der Waals surface area contributed by atoms with Crippen molar-refractivity contribution in [1.82, 2.24) is 15.2 Å². The zero-order chi connectivity index (χ0) is 13.4. The van der Waals surface area contributed by atoms with E-state index >= 15 is 0 Å². The molecule has 2 aromatic carbocycles. The molecule has 0 spiro atoms. The van der Waals surface area contributed by atoms with Crippen molar-refractivity contribution in [1.29, 1.82) is 0 Å². The van der Waals surface area contributed by atoms with Crippen molar-refractivity contribution >= 4 is 11.0 Å². The number of aromatic nitrogens is 3. The third-order valence-corrected chi connectivity index (χ3v) is 3.17. The van der Waals surface area contributed by atoms with Crippen molar-refractivity contribution in [3.05, 3.63) is 53.1 Å². The molecule has 0 amide bonds. The first-order valence-corrected chi connectivity index (χ1v) is 6.32. The molecule has 3 heteroatoms. The zero-order valence-electron chi connectivity index (χ0n) is 11.3.